The molecule has 7 heavy (non-hydrogen) atoms. The third-order valence-corrected chi connectivity index (χ3v) is 1.90. The van der Waals surface area contributed by atoms with Crippen molar-refractivity contribution in [2.24, 2.45) is 5.92 Å². The molecule has 2 heteroatoms. The second-order valence-electron chi connectivity index (χ2n) is 2.36. The average Bonchev–Trinajstić information content (AvgIpc) is 1.91. The summed E-state index contributed by atoms with van der Waals surface area (Å²) < 4.78 is 7.23. The summed E-state index contributed by atoms with van der Waals surface area (Å²) in [5, 5.41) is 4.92. The molecular weight excluding hydrogens is 88.1 g/mol. The smallest absolute Gasteiger partial charge is 0.122 e. The van der Waals surface area contributed by atoms with E-state index in [1.807, 2.05) is 0 Å². The molecule has 2 aliphatic heterocycles. The number of hydrogen-bond donors (Lipinski definition) is 2. The van der Waals surface area contributed by atoms with Crippen LogP contribution in [0.5, 0.6) is 0 Å². The molecule has 0 aromatic heterocycles. The van der Waals surface area contributed by atoms with Crippen molar-refractivity contribution in [3.05, 3.63) is 0 Å². The Hall–Kier alpha value is -0.0800. The Morgan fingerprint density at radius 1 is 1.43 bits per heavy atom. The standard InChI is InChI=1S/C5H10N2/c1-4-2-7-5(4)3-6-1/h4-7H,1-3H2/t4-,5+/m1/s1/i/hD. The van der Waals surface area contributed by atoms with Crippen LogP contribution in [-0.2, 0) is 0 Å². The zero-order chi connectivity index (χ0) is 5.56. The lowest BCUT2D eigenvalue weighted by Crippen LogP contribution is -2.51. The molecule has 0 aliphatic carbocycles. The van der Waals surface area contributed by atoms with Crippen molar-refractivity contribution < 1.29 is 1.41 Å². The molecule has 2 N–H and O–H groups in total. The van der Waals surface area contributed by atoms with Crippen molar-refractivity contribution in [1.29, 1.82) is 0 Å². The van der Waals surface area contributed by atoms with Crippen molar-refractivity contribution in [3.63, 3.8) is 0 Å². The van der Waals surface area contributed by atoms with Gasteiger partial charge in [-0.3, -0.25) is 0 Å². The molecule has 0 radical (unpaired) electrons. The van der Waals surface area contributed by atoms with E-state index in [2.05, 4.69) is 5.32 Å². The summed E-state index contributed by atoms with van der Waals surface area (Å²) in [4.78, 5) is 0. The number of fused-ring (bicyclic) bond motifs is 1. The molecule has 0 unspecified atom stereocenters. The van der Waals surface area contributed by atoms with Crippen molar-refractivity contribution in [1.82, 2.24) is 10.6 Å². The Bertz CT molecular complexity index is 94.6. The molecule has 2 nitrogen and oxygen atoms in total. The highest BCUT2D eigenvalue weighted by Gasteiger charge is 2.33. The van der Waals surface area contributed by atoms with Gasteiger partial charge in [-0.2, -0.15) is 0 Å². The molecule has 2 atom stereocenters. The molecule has 40 valence electrons. The van der Waals surface area contributed by atoms with Gasteiger partial charge in [0.2, 0.25) is 0 Å². The second kappa shape index (κ2) is 1.20. The molecule has 2 rings (SSSR count). The van der Waals surface area contributed by atoms with Gasteiger partial charge in [0.15, 0.2) is 0 Å². The van der Waals surface area contributed by atoms with Crippen LogP contribution >= 0.6 is 0 Å². The maximum Gasteiger partial charge on any atom is 0.122 e. The second-order valence-corrected chi connectivity index (χ2v) is 2.36. The van der Waals surface area contributed by atoms with Gasteiger partial charge in [-0.05, 0) is 0 Å². The van der Waals surface area contributed by atoms with E-state index in [0.717, 1.165) is 25.6 Å². The molecule has 0 aromatic rings. The first-order valence-electron chi connectivity index (χ1n) is 3.28. The molecular formula is C5H10N2. The highest BCUT2D eigenvalue weighted by Crippen LogP contribution is 2.15. The van der Waals surface area contributed by atoms with Gasteiger partial charge < -0.3 is 10.6 Å². The van der Waals surface area contributed by atoms with Gasteiger partial charge in [-0.25, -0.2) is 0 Å². The predicted octanol–water partition coefficient (Wildman–Crippen LogP) is -0.822. The van der Waals surface area contributed by atoms with Gasteiger partial charge in [0.1, 0.15) is 1.41 Å². The zero-order valence-corrected chi connectivity index (χ0v) is 4.22. The Labute approximate surface area is 44.8 Å². The normalized spacial score (nSPS) is 52.9. The fourth-order valence-corrected chi connectivity index (χ4v) is 1.24. The Morgan fingerprint density at radius 2 is 2.43 bits per heavy atom. The monoisotopic (exact) mass is 99.1 g/mol. The lowest BCUT2D eigenvalue weighted by molar-refractivity contribution is 0.297. The summed E-state index contributed by atoms with van der Waals surface area (Å²) in [6.45, 7) is 3.06. The highest BCUT2D eigenvalue weighted by atomic mass is 15.1. The first-order valence-corrected chi connectivity index (χ1v) is 2.83. The minimum absolute atomic E-state index is 0.660. The number of hydrogen-bond acceptors (Lipinski definition) is 2. The quantitative estimate of drug-likeness (QED) is 0.414. The van der Waals surface area contributed by atoms with Crippen molar-refractivity contribution in [2.45, 2.75) is 6.04 Å². The predicted molar refractivity (Wildman–Crippen MR) is 28.2 cm³/mol. The fourth-order valence-electron chi connectivity index (χ4n) is 1.24. The largest absolute Gasteiger partial charge is 0.315 e. The van der Waals surface area contributed by atoms with E-state index in [1.165, 1.54) is 0 Å². The lowest BCUT2D eigenvalue weighted by atomic mass is 9.96. The van der Waals surface area contributed by atoms with E-state index >= 15 is 0 Å². The molecule has 2 aliphatic rings. The van der Waals surface area contributed by atoms with Gasteiger partial charge in [-0.1, -0.05) is 0 Å². The number of nitrogens with one attached hydrogen (secondary N) is 2. The van der Waals surface area contributed by atoms with Gasteiger partial charge >= 0.3 is 0 Å². The van der Waals surface area contributed by atoms with Gasteiger partial charge in [-0.15, -0.1) is 0 Å². The van der Waals surface area contributed by atoms with Crippen LogP contribution in [0.4, 0.5) is 0 Å². The summed E-state index contributed by atoms with van der Waals surface area (Å²) in [5.74, 6) is 0.799. The van der Waals surface area contributed by atoms with Crippen LogP contribution in [0.2, 0.25) is 1.41 Å². The van der Waals surface area contributed by atoms with Crippen LogP contribution in [-0.4, -0.2) is 25.7 Å². The van der Waals surface area contributed by atoms with Crippen molar-refractivity contribution in [2.75, 3.05) is 19.6 Å². The molecule has 2 fully saturated rings. The Morgan fingerprint density at radius 3 is 2.71 bits per heavy atom. The van der Waals surface area contributed by atoms with Gasteiger partial charge in [0.25, 0.3) is 0 Å². The first-order chi connectivity index (χ1) is 3.86. The third-order valence-electron chi connectivity index (χ3n) is 1.90. The molecule has 0 amide bonds. The Balaban J connectivity index is 2.00. The van der Waals surface area contributed by atoms with Gasteiger partial charge in [0, 0.05) is 31.6 Å². The minimum atomic E-state index is 0.660. The van der Waals surface area contributed by atoms with E-state index in [9.17, 15) is 0 Å². The van der Waals surface area contributed by atoms with E-state index in [4.69, 9.17) is 1.41 Å². The molecule has 0 spiro atoms. The fraction of sp³-hybridized carbons (Fsp3) is 1.00. The summed E-state index contributed by atoms with van der Waals surface area (Å²) in [6.07, 6.45) is 0. The van der Waals surface area contributed by atoms with Gasteiger partial charge in [0.05, 0.1) is 0 Å². The average molecular weight is 99.2 g/mol. The van der Waals surface area contributed by atoms with E-state index < -0.39 is 0 Å². The summed E-state index contributed by atoms with van der Waals surface area (Å²) in [6, 6.07) is 0.660. The maximum atomic E-state index is 7.23. The topological polar surface area (TPSA) is 24.1 Å². The molecule has 0 aromatic carbocycles. The van der Waals surface area contributed by atoms with Crippen molar-refractivity contribution >= 4 is 0 Å². The van der Waals surface area contributed by atoms with E-state index in [0.29, 0.717) is 6.04 Å². The van der Waals surface area contributed by atoms with Crippen LogP contribution in [0.15, 0.2) is 0 Å². The first kappa shape index (κ1) is 3.05. The van der Waals surface area contributed by atoms with Crippen LogP contribution in [0.25, 0.3) is 0 Å². The third kappa shape index (κ3) is 0.409. The lowest BCUT2D eigenvalue weighted by Gasteiger charge is -2.30. The molecule has 0 saturated carbocycles. The van der Waals surface area contributed by atoms with Crippen molar-refractivity contribution in [3.8, 4) is 0 Å². The van der Waals surface area contributed by atoms with Crippen LogP contribution in [0.1, 0.15) is 0 Å². The minimum Gasteiger partial charge on any atom is -0.315 e. The number of rotatable bonds is 0. The van der Waals surface area contributed by atoms with Crippen LogP contribution in [0.3, 0.4) is 0 Å². The summed E-state index contributed by atoms with van der Waals surface area (Å²) in [7, 11) is 0. The van der Waals surface area contributed by atoms with E-state index in [1.54, 1.807) is 5.31 Å². The maximum absolute atomic E-state index is 7.23. The zero-order valence-electron chi connectivity index (χ0n) is 5.22. The molecule has 0 bridgehead atoms. The van der Waals surface area contributed by atoms with Crippen LogP contribution < -0.4 is 10.6 Å². The molecule has 2 heterocycles. The SMILES string of the molecule is [2H]N1C[C@@H]2CN[C@H]2C1. The van der Waals surface area contributed by atoms with Crippen LogP contribution in [0, 0.1) is 5.92 Å². The molecule has 2 saturated heterocycles. The van der Waals surface area contributed by atoms with E-state index in [-0.39, 0.29) is 0 Å². The summed E-state index contributed by atoms with van der Waals surface area (Å²) >= 11 is 0. The highest BCUT2D eigenvalue weighted by molar-refractivity contribution is 4.95. The summed E-state index contributed by atoms with van der Waals surface area (Å²) in [5.41, 5.74) is 0. The Kier molecular flexibility index (Phi) is 0.523.